The van der Waals surface area contributed by atoms with E-state index >= 15 is 0 Å². The smallest absolute Gasteiger partial charge is 0.271 e. The minimum Gasteiger partial charge on any atom is -0.381 e. The van der Waals surface area contributed by atoms with Crippen molar-refractivity contribution in [1.29, 1.82) is 0 Å². The molecule has 0 aliphatic rings. The molecule has 0 radical (unpaired) electrons. The summed E-state index contributed by atoms with van der Waals surface area (Å²) >= 11 is 0. The van der Waals surface area contributed by atoms with Crippen molar-refractivity contribution in [2.24, 2.45) is 0 Å². The lowest BCUT2D eigenvalue weighted by Crippen LogP contribution is -1.99. The minimum atomic E-state index is -0.388. The molecule has 1 N–H and O–H groups in total. The summed E-state index contributed by atoms with van der Waals surface area (Å²) < 4.78 is 0. The van der Waals surface area contributed by atoms with Crippen LogP contribution >= 0.6 is 0 Å². The number of nitro benzene ring substituents is 1. The van der Waals surface area contributed by atoms with Gasteiger partial charge in [-0.05, 0) is 28.5 Å². The van der Waals surface area contributed by atoms with Gasteiger partial charge in [0.2, 0.25) is 0 Å². The Morgan fingerprint density at radius 3 is 2.52 bits per heavy atom. The van der Waals surface area contributed by atoms with Crippen LogP contribution in [0.15, 0.2) is 66.7 Å². The van der Waals surface area contributed by atoms with E-state index in [1.54, 1.807) is 12.1 Å². The van der Waals surface area contributed by atoms with E-state index in [9.17, 15) is 10.1 Å². The molecule has 0 saturated carbocycles. The van der Waals surface area contributed by atoms with Crippen molar-refractivity contribution in [3.05, 3.63) is 82.4 Å². The lowest BCUT2D eigenvalue weighted by Gasteiger charge is -2.07. The Labute approximate surface area is 122 Å². The first kappa shape index (κ1) is 13.1. The molecule has 0 spiro atoms. The van der Waals surface area contributed by atoms with Gasteiger partial charge in [-0.25, -0.2) is 0 Å². The quantitative estimate of drug-likeness (QED) is 0.570. The first-order valence-electron chi connectivity index (χ1n) is 6.68. The van der Waals surface area contributed by atoms with E-state index in [0.29, 0.717) is 6.54 Å². The van der Waals surface area contributed by atoms with Gasteiger partial charge in [-0.3, -0.25) is 10.1 Å². The molecule has 0 amide bonds. The normalized spacial score (nSPS) is 10.5. The Morgan fingerprint density at radius 2 is 1.71 bits per heavy atom. The molecule has 4 nitrogen and oxygen atoms in total. The highest BCUT2D eigenvalue weighted by atomic mass is 16.6. The van der Waals surface area contributed by atoms with Crippen molar-refractivity contribution in [3.63, 3.8) is 0 Å². The van der Waals surface area contributed by atoms with Gasteiger partial charge in [0.15, 0.2) is 0 Å². The van der Waals surface area contributed by atoms with Crippen LogP contribution in [-0.4, -0.2) is 4.92 Å². The molecule has 0 aliphatic heterocycles. The molecule has 3 rings (SSSR count). The highest BCUT2D eigenvalue weighted by Crippen LogP contribution is 2.19. The summed E-state index contributed by atoms with van der Waals surface area (Å²) in [6.45, 7) is 0.631. The average Bonchev–Trinajstić information content (AvgIpc) is 2.53. The second kappa shape index (κ2) is 5.63. The zero-order chi connectivity index (χ0) is 14.7. The molecule has 4 heteroatoms. The molecule has 21 heavy (non-hydrogen) atoms. The molecule has 0 bridgehead atoms. The fraction of sp³-hybridized carbons (Fsp3) is 0.0588. The Morgan fingerprint density at radius 1 is 0.905 bits per heavy atom. The Hall–Kier alpha value is -2.88. The zero-order valence-corrected chi connectivity index (χ0v) is 11.3. The van der Waals surface area contributed by atoms with Crippen LogP contribution in [0.4, 0.5) is 11.4 Å². The van der Waals surface area contributed by atoms with Crippen LogP contribution in [0.2, 0.25) is 0 Å². The van der Waals surface area contributed by atoms with Gasteiger partial charge in [0.05, 0.1) is 4.92 Å². The molecule has 0 aromatic heterocycles. The van der Waals surface area contributed by atoms with Gasteiger partial charge in [0, 0.05) is 24.4 Å². The van der Waals surface area contributed by atoms with Crippen LogP contribution in [0.5, 0.6) is 0 Å². The molecule has 0 atom stereocenters. The van der Waals surface area contributed by atoms with Crippen LogP contribution in [0.25, 0.3) is 10.8 Å². The maximum Gasteiger partial charge on any atom is 0.271 e. The zero-order valence-electron chi connectivity index (χ0n) is 11.3. The van der Waals surface area contributed by atoms with Crippen molar-refractivity contribution >= 4 is 22.1 Å². The number of hydrogen-bond donors (Lipinski definition) is 1. The molecule has 0 fully saturated rings. The van der Waals surface area contributed by atoms with Gasteiger partial charge in [0.25, 0.3) is 5.69 Å². The van der Waals surface area contributed by atoms with Crippen molar-refractivity contribution in [2.75, 3.05) is 5.32 Å². The SMILES string of the molecule is O=[N+]([O-])c1cccc(NCc2ccc3ccccc3c2)c1. The van der Waals surface area contributed by atoms with E-state index in [-0.39, 0.29) is 10.6 Å². The summed E-state index contributed by atoms with van der Waals surface area (Å²) in [5.41, 5.74) is 1.98. The van der Waals surface area contributed by atoms with Gasteiger partial charge >= 0.3 is 0 Å². The molecule has 0 unspecified atom stereocenters. The summed E-state index contributed by atoms with van der Waals surface area (Å²) in [4.78, 5) is 10.4. The number of nitrogens with zero attached hydrogens (tertiary/aromatic N) is 1. The van der Waals surface area contributed by atoms with Crippen molar-refractivity contribution < 1.29 is 4.92 Å². The number of nitrogens with one attached hydrogen (secondary N) is 1. The van der Waals surface area contributed by atoms with Crippen LogP contribution in [0.1, 0.15) is 5.56 Å². The topological polar surface area (TPSA) is 55.2 Å². The van der Waals surface area contributed by atoms with Gasteiger partial charge < -0.3 is 5.32 Å². The largest absolute Gasteiger partial charge is 0.381 e. The van der Waals surface area contributed by atoms with Crippen LogP contribution in [-0.2, 0) is 6.54 Å². The predicted molar refractivity (Wildman–Crippen MR) is 84.4 cm³/mol. The Balaban J connectivity index is 1.77. The third kappa shape index (κ3) is 3.00. The lowest BCUT2D eigenvalue weighted by molar-refractivity contribution is -0.384. The monoisotopic (exact) mass is 278 g/mol. The Kier molecular flexibility index (Phi) is 3.51. The second-order valence-electron chi connectivity index (χ2n) is 4.84. The maximum absolute atomic E-state index is 10.8. The molecule has 104 valence electrons. The highest BCUT2D eigenvalue weighted by molar-refractivity contribution is 5.83. The van der Waals surface area contributed by atoms with Crippen LogP contribution < -0.4 is 5.32 Å². The van der Waals surface area contributed by atoms with Gasteiger partial charge in [-0.15, -0.1) is 0 Å². The summed E-state index contributed by atoms with van der Waals surface area (Å²) in [5.74, 6) is 0. The minimum absolute atomic E-state index is 0.0958. The molecule has 0 saturated heterocycles. The third-order valence-corrected chi connectivity index (χ3v) is 3.37. The number of hydrogen-bond acceptors (Lipinski definition) is 3. The summed E-state index contributed by atoms with van der Waals surface area (Å²) in [7, 11) is 0. The average molecular weight is 278 g/mol. The highest BCUT2D eigenvalue weighted by Gasteiger charge is 2.05. The Bertz CT molecular complexity index is 799. The number of benzene rings is 3. The van der Waals surface area contributed by atoms with E-state index in [0.717, 1.165) is 11.3 Å². The standard InChI is InChI=1S/C17H14N2O2/c20-19(21)17-7-3-6-16(11-17)18-12-13-8-9-14-4-1-2-5-15(14)10-13/h1-11,18H,12H2. The summed E-state index contributed by atoms with van der Waals surface area (Å²) in [5, 5.41) is 16.4. The second-order valence-corrected chi connectivity index (χ2v) is 4.84. The predicted octanol–water partition coefficient (Wildman–Crippen LogP) is 4.36. The number of rotatable bonds is 4. The van der Waals surface area contributed by atoms with E-state index in [4.69, 9.17) is 0 Å². The molecule has 3 aromatic rings. The van der Waals surface area contributed by atoms with E-state index in [1.165, 1.54) is 16.8 Å². The molecular weight excluding hydrogens is 264 g/mol. The van der Waals surface area contributed by atoms with Crippen molar-refractivity contribution in [1.82, 2.24) is 0 Å². The van der Waals surface area contributed by atoms with E-state index in [2.05, 4.69) is 35.6 Å². The van der Waals surface area contributed by atoms with Crippen LogP contribution in [0.3, 0.4) is 0 Å². The fourth-order valence-corrected chi connectivity index (χ4v) is 2.28. The lowest BCUT2D eigenvalue weighted by atomic mass is 10.1. The van der Waals surface area contributed by atoms with Crippen molar-refractivity contribution in [2.45, 2.75) is 6.54 Å². The maximum atomic E-state index is 10.8. The number of fused-ring (bicyclic) bond motifs is 1. The summed E-state index contributed by atoms with van der Waals surface area (Å²) in [6, 6.07) is 21.0. The van der Waals surface area contributed by atoms with Gasteiger partial charge in [-0.1, -0.05) is 42.5 Å². The number of nitro groups is 1. The molecule has 0 aliphatic carbocycles. The van der Waals surface area contributed by atoms with Crippen molar-refractivity contribution in [3.8, 4) is 0 Å². The number of non-ortho nitro benzene ring substituents is 1. The van der Waals surface area contributed by atoms with E-state index in [1.807, 2.05) is 18.2 Å². The molecule has 3 aromatic carbocycles. The first-order valence-corrected chi connectivity index (χ1v) is 6.68. The number of anilines is 1. The molecule has 0 heterocycles. The van der Waals surface area contributed by atoms with Gasteiger partial charge in [-0.2, -0.15) is 0 Å². The third-order valence-electron chi connectivity index (χ3n) is 3.37. The van der Waals surface area contributed by atoms with E-state index < -0.39 is 0 Å². The van der Waals surface area contributed by atoms with Crippen LogP contribution in [0, 0.1) is 10.1 Å². The fourth-order valence-electron chi connectivity index (χ4n) is 2.28. The summed E-state index contributed by atoms with van der Waals surface area (Å²) in [6.07, 6.45) is 0. The van der Waals surface area contributed by atoms with Gasteiger partial charge in [0.1, 0.15) is 0 Å². The first-order chi connectivity index (χ1) is 10.2. The molecular formula is C17H14N2O2.